The maximum atomic E-state index is 11.7. The number of hydrogen-bond acceptors (Lipinski definition) is 3. The van der Waals surface area contributed by atoms with Gasteiger partial charge < -0.3 is 5.11 Å². The molecule has 0 saturated carbocycles. The number of carboxylic acids is 1. The molecule has 1 aliphatic rings. The molecule has 0 aromatic carbocycles. The summed E-state index contributed by atoms with van der Waals surface area (Å²) in [5.41, 5.74) is 0. The molecular weight excluding hydrogens is 218 g/mol. The van der Waals surface area contributed by atoms with Crippen LogP contribution in [0.3, 0.4) is 0 Å². The van der Waals surface area contributed by atoms with Gasteiger partial charge in [0.05, 0.1) is 0 Å². The van der Waals surface area contributed by atoms with Gasteiger partial charge in [0.2, 0.25) is 10.0 Å². The monoisotopic (exact) mass is 235 g/mol. The predicted molar refractivity (Wildman–Crippen MR) is 56.0 cm³/mol. The third-order valence-electron chi connectivity index (χ3n) is 2.72. The lowest BCUT2D eigenvalue weighted by Gasteiger charge is -2.35. The van der Waals surface area contributed by atoms with Gasteiger partial charge in [0.15, 0.2) is 5.75 Å². The van der Waals surface area contributed by atoms with E-state index in [9.17, 15) is 13.2 Å². The molecule has 88 valence electrons. The first-order valence-corrected chi connectivity index (χ1v) is 6.65. The predicted octanol–water partition coefficient (Wildman–Crippen LogP) is 0.521. The van der Waals surface area contributed by atoms with Crippen molar-refractivity contribution in [1.29, 1.82) is 0 Å². The molecule has 2 atom stereocenters. The summed E-state index contributed by atoms with van der Waals surface area (Å²) in [7, 11) is -3.63. The van der Waals surface area contributed by atoms with E-state index in [1.54, 1.807) is 0 Å². The molecule has 0 radical (unpaired) electrons. The third kappa shape index (κ3) is 3.17. The average molecular weight is 235 g/mol. The van der Waals surface area contributed by atoms with Crippen LogP contribution in [0.15, 0.2) is 0 Å². The topological polar surface area (TPSA) is 74.7 Å². The number of aliphatic carboxylic acids is 1. The Morgan fingerprint density at radius 3 is 2.53 bits per heavy atom. The van der Waals surface area contributed by atoms with Crippen LogP contribution < -0.4 is 0 Å². The van der Waals surface area contributed by atoms with Crippen LogP contribution in [-0.4, -0.2) is 42.1 Å². The van der Waals surface area contributed by atoms with Crippen LogP contribution in [0.1, 0.15) is 26.7 Å². The summed E-state index contributed by atoms with van der Waals surface area (Å²) in [6.45, 7) is 4.25. The van der Waals surface area contributed by atoms with E-state index in [0.717, 1.165) is 12.8 Å². The fraction of sp³-hybridized carbons (Fsp3) is 0.889. The molecule has 1 N–H and O–H groups in total. The quantitative estimate of drug-likeness (QED) is 0.774. The van der Waals surface area contributed by atoms with Gasteiger partial charge in [-0.1, -0.05) is 6.92 Å². The Bertz CT molecular complexity index is 338. The van der Waals surface area contributed by atoms with E-state index < -0.39 is 21.7 Å². The summed E-state index contributed by atoms with van der Waals surface area (Å²) in [6.07, 6.45) is 1.81. The number of nitrogens with zero attached hydrogens (tertiary/aromatic N) is 1. The van der Waals surface area contributed by atoms with Crippen molar-refractivity contribution in [3.05, 3.63) is 0 Å². The second-order valence-electron chi connectivity index (χ2n) is 4.25. The smallest absolute Gasteiger partial charge is 0.320 e. The first kappa shape index (κ1) is 12.4. The van der Waals surface area contributed by atoms with Gasteiger partial charge in [-0.3, -0.25) is 4.79 Å². The molecule has 0 spiro atoms. The number of sulfonamides is 1. The molecule has 1 saturated heterocycles. The molecule has 2 unspecified atom stereocenters. The molecule has 6 heteroatoms. The van der Waals surface area contributed by atoms with E-state index in [1.807, 2.05) is 13.8 Å². The van der Waals surface area contributed by atoms with Crippen LogP contribution >= 0.6 is 0 Å². The van der Waals surface area contributed by atoms with Gasteiger partial charge in [-0.2, -0.15) is 4.31 Å². The van der Waals surface area contributed by atoms with Crippen molar-refractivity contribution in [3.8, 4) is 0 Å². The van der Waals surface area contributed by atoms with Crippen LogP contribution in [0.5, 0.6) is 0 Å². The number of rotatable bonds is 3. The zero-order valence-electron chi connectivity index (χ0n) is 9.01. The van der Waals surface area contributed by atoms with E-state index in [1.165, 1.54) is 4.31 Å². The SMILES string of the molecule is CC1CCC(C)N(S(=O)(=O)CC(=O)O)C1. The lowest BCUT2D eigenvalue weighted by atomic mass is 9.97. The summed E-state index contributed by atoms with van der Waals surface area (Å²) in [4.78, 5) is 10.4. The minimum Gasteiger partial charge on any atom is -0.480 e. The highest BCUT2D eigenvalue weighted by Crippen LogP contribution is 2.24. The first-order chi connectivity index (χ1) is 6.83. The van der Waals surface area contributed by atoms with Crippen LogP contribution in [0.2, 0.25) is 0 Å². The first-order valence-electron chi connectivity index (χ1n) is 5.04. The van der Waals surface area contributed by atoms with E-state index in [4.69, 9.17) is 5.11 Å². The Morgan fingerprint density at radius 1 is 1.40 bits per heavy atom. The van der Waals surface area contributed by atoms with E-state index in [0.29, 0.717) is 12.5 Å². The summed E-state index contributed by atoms with van der Waals surface area (Å²) in [5.74, 6) is -1.78. The lowest BCUT2D eigenvalue weighted by molar-refractivity contribution is -0.134. The lowest BCUT2D eigenvalue weighted by Crippen LogP contribution is -2.46. The number of hydrogen-bond donors (Lipinski definition) is 1. The molecule has 1 aliphatic heterocycles. The molecule has 1 fully saturated rings. The normalized spacial score (nSPS) is 28.9. The van der Waals surface area contributed by atoms with Gasteiger partial charge >= 0.3 is 5.97 Å². The largest absolute Gasteiger partial charge is 0.480 e. The molecule has 0 amide bonds. The molecule has 0 aromatic heterocycles. The van der Waals surface area contributed by atoms with Crippen molar-refractivity contribution in [2.24, 2.45) is 5.92 Å². The molecule has 1 heterocycles. The summed E-state index contributed by atoms with van der Waals surface area (Å²) in [5, 5.41) is 8.53. The Labute approximate surface area is 90.1 Å². The van der Waals surface area contributed by atoms with Crippen LogP contribution in [0.25, 0.3) is 0 Å². The van der Waals surface area contributed by atoms with Gasteiger partial charge in [0.1, 0.15) is 0 Å². The average Bonchev–Trinajstić information content (AvgIpc) is 2.06. The Balaban J connectivity index is 2.80. The van der Waals surface area contributed by atoms with Crippen molar-refractivity contribution >= 4 is 16.0 Å². The van der Waals surface area contributed by atoms with E-state index in [2.05, 4.69) is 0 Å². The Kier molecular flexibility index (Phi) is 3.72. The Hall–Kier alpha value is -0.620. The second-order valence-corrected chi connectivity index (χ2v) is 6.17. The van der Waals surface area contributed by atoms with Gasteiger partial charge in [0.25, 0.3) is 0 Å². The summed E-state index contributed by atoms with van der Waals surface area (Å²) < 4.78 is 24.7. The maximum absolute atomic E-state index is 11.7. The highest BCUT2D eigenvalue weighted by molar-refractivity contribution is 7.89. The number of piperidine rings is 1. The van der Waals surface area contributed by atoms with Gasteiger partial charge in [0, 0.05) is 12.6 Å². The molecule has 0 aliphatic carbocycles. The standard InChI is InChI=1S/C9H17NO4S/c1-7-3-4-8(2)10(5-7)15(13,14)6-9(11)12/h7-8H,3-6H2,1-2H3,(H,11,12). The van der Waals surface area contributed by atoms with E-state index in [-0.39, 0.29) is 6.04 Å². The highest BCUT2D eigenvalue weighted by Gasteiger charge is 2.33. The van der Waals surface area contributed by atoms with Gasteiger partial charge in [-0.05, 0) is 25.7 Å². The number of carboxylic acid groups (broad SMARTS) is 1. The zero-order chi connectivity index (χ0) is 11.6. The molecule has 0 aromatic rings. The fourth-order valence-corrected chi connectivity index (χ4v) is 3.49. The Morgan fingerprint density at radius 2 is 2.00 bits per heavy atom. The number of carbonyl (C=O) groups is 1. The zero-order valence-corrected chi connectivity index (χ0v) is 9.83. The van der Waals surface area contributed by atoms with Crippen LogP contribution in [-0.2, 0) is 14.8 Å². The summed E-state index contributed by atoms with van der Waals surface area (Å²) >= 11 is 0. The minimum atomic E-state index is -3.63. The summed E-state index contributed by atoms with van der Waals surface area (Å²) in [6, 6.07) is -0.0782. The molecule has 1 rings (SSSR count). The van der Waals surface area contributed by atoms with Crippen molar-refractivity contribution < 1.29 is 18.3 Å². The molecular formula is C9H17NO4S. The minimum absolute atomic E-state index is 0.0782. The molecule has 0 bridgehead atoms. The third-order valence-corrected chi connectivity index (χ3v) is 4.56. The van der Waals surface area contributed by atoms with Gasteiger partial charge in [-0.15, -0.1) is 0 Å². The molecule has 5 nitrogen and oxygen atoms in total. The highest BCUT2D eigenvalue weighted by atomic mass is 32.2. The van der Waals surface area contributed by atoms with Crippen molar-refractivity contribution in [1.82, 2.24) is 4.31 Å². The van der Waals surface area contributed by atoms with Crippen molar-refractivity contribution in [3.63, 3.8) is 0 Å². The maximum Gasteiger partial charge on any atom is 0.320 e. The van der Waals surface area contributed by atoms with Crippen molar-refractivity contribution in [2.75, 3.05) is 12.3 Å². The fourth-order valence-electron chi connectivity index (χ4n) is 1.87. The van der Waals surface area contributed by atoms with Crippen molar-refractivity contribution in [2.45, 2.75) is 32.7 Å². The van der Waals surface area contributed by atoms with Crippen LogP contribution in [0.4, 0.5) is 0 Å². The van der Waals surface area contributed by atoms with E-state index >= 15 is 0 Å². The van der Waals surface area contributed by atoms with Gasteiger partial charge in [-0.25, -0.2) is 8.42 Å². The second kappa shape index (κ2) is 4.49. The van der Waals surface area contributed by atoms with Crippen LogP contribution in [0, 0.1) is 5.92 Å². The molecule has 15 heavy (non-hydrogen) atoms.